The summed E-state index contributed by atoms with van der Waals surface area (Å²) in [6.07, 6.45) is 0. The molecule has 0 spiro atoms. The number of carboxylic acids is 1. The Balaban J connectivity index is 2.52. The Labute approximate surface area is 103 Å². The van der Waals surface area contributed by atoms with E-state index in [1.54, 1.807) is 31.4 Å². The van der Waals surface area contributed by atoms with E-state index in [0.29, 0.717) is 11.4 Å². The number of rotatable bonds is 3. The maximum absolute atomic E-state index is 11.1. The highest BCUT2D eigenvalue weighted by molar-refractivity contribution is 5.86. The predicted octanol–water partition coefficient (Wildman–Crippen LogP) is 1.45. The SMILES string of the molecule is COc1ccc(-n2nc(C#N)cc2C(=O)O)cc1. The molecule has 0 aliphatic carbocycles. The number of benzene rings is 1. The molecule has 18 heavy (non-hydrogen) atoms. The maximum atomic E-state index is 11.1. The Bertz CT molecular complexity index is 623. The van der Waals surface area contributed by atoms with Crippen LogP contribution in [0.1, 0.15) is 16.2 Å². The predicted molar refractivity (Wildman–Crippen MR) is 61.8 cm³/mol. The van der Waals surface area contributed by atoms with Crippen LogP contribution in [0.2, 0.25) is 0 Å². The Morgan fingerprint density at radius 1 is 1.44 bits per heavy atom. The first-order chi connectivity index (χ1) is 8.65. The van der Waals surface area contributed by atoms with Gasteiger partial charge in [0.25, 0.3) is 0 Å². The number of aromatic carboxylic acids is 1. The van der Waals surface area contributed by atoms with E-state index in [-0.39, 0.29) is 11.4 Å². The molecule has 0 amide bonds. The van der Waals surface area contributed by atoms with Gasteiger partial charge in [-0.25, -0.2) is 9.48 Å². The van der Waals surface area contributed by atoms with Crippen molar-refractivity contribution in [3.8, 4) is 17.5 Å². The molecule has 0 bridgehead atoms. The van der Waals surface area contributed by atoms with Crippen molar-refractivity contribution in [2.75, 3.05) is 7.11 Å². The van der Waals surface area contributed by atoms with Gasteiger partial charge in [0.2, 0.25) is 0 Å². The molecule has 2 rings (SSSR count). The standard InChI is InChI=1S/C12H9N3O3/c1-18-10-4-2-9(3-5-10)15-11(12(16)17)6-8(7-13)14-15/h2-6H,1H3,(H,16,17). The van der Waals surface area contributed by atoms with Crippen molar-refractivity contribution < 1.29 is 14.6 Å². The summed E-state index contributed by atoms with van der Waals surface area (Å²) in [5.74, 6) is -0.483. The molecule has 0 radical (unpaired) electrons. The second-order valence-corrected chi connectivity index (χ2v) is 3.44. The summed E-state index contributed by atoms with van der Waals surface area (Å²) >= 11 is 0. The lowest BCUT2D eigenvalue weighted by atomic mass is 10.3. The van der Waals surface area contributed by atoms with Crippen LogP contribution in [0.25, 0.3) is 5.69 Å². The van der Waals surface area contributed by atoms with Crippen molar-refractivity contribution in [3.05, 3.63) is 41.7 Å². The lowest BCUT2D eigenvalue weighted by molar-refractivity contribution is 0.0687. The fraction of sp³-hybridized carbons (Fsp3) is 0.0833. The van der Waals surface area contributed by atoms with Crippen LogP contribution in [0, 0.1) is 11.3 Å². The zero-order valence-corrected chi connectivity index (χ0v) is 9.49. The molecule has 0 saturated heterocycles. The molecule has 0 unspecified atom stereocenters. The van der Waals surface area contributed by atoms with Gasteiger partial charge in [0.05, 0.1) is 12.8 Å². The van der Waals surface area contributed by atoms with Gasteiger partial charge >= 0.3 is 5.97 Å². The third kappa shape index (κ3) is 2.01. The van der Waals surface area contributed by atoms with E-state index in [9.17, 15) is 4.79 Å². The summed E-state index contributed by atoms with van der Waals surface area (Å²) in [5.41, 5.74) is 0.551. The van der Waals surface area contributed by atoms with E-state index in [1.807, 2.05) is 6.07 Å². The summed E-state index contributed by atoms with van der Waals surface area (Å²) in [7, 11) is 1.54. The van der Waals surface area contributed by atoms with Crippen LogP contribution in [0.5, 0.6) is 5.75 Å². The van der Waals surface area contributed by atoms with Crippen LogP contribution < -0.4 is 4.74 Å². The number of methoxy groups -OCH3 is 1. The third-order valence-electron chi connectivity index (χ3n) is 2.36. The summed E-state index contributed by atoms with van der Waals surface area (Å²) in [5, 5.41) is 21.7. The molecule has 2 aromatic rings. The quantitative estimate of drug-likeness (QED) is 0.881. The first-order valence-corrected chi connectivity index (χ1v) is 5.03. The van der Waals surface area contributed by atoms with E-state index in [1.165, 1.54) is 10.7 Å². The largest absolute Gasteiger partial charge is 0.497 e. The van der Waals surface area contributed by atoms with Gasteiger partial charge in [0.15, 0.2) is 11.4 Å². The molecule has 1 aromatic heterocycles. The number of nitrogens with zero attached hydrogens (tertiary/aromatic N) is 3. The highest BCUT2D eigenvalue weighted by Crippen LogP contribution is 2.17. The molecule has 0 aliphatic rings. The molecule has 0 saturated carbocycles. The number of carbonyl (C=O) groups is 1. The molecule has 1 heterocycles. The summed E-state index contributed by atoms with van der Waals surface area (Å²) < 4.78 is 6.22. The first kappa shape index (κ1) is 11.7. The Morgan fingerprint density at radius 3 is 2.61 bits per heavy atom. The molecular formula is C12H9N3O3. The van der Waals surface area contributed by atoms with Gasteiger partial charge < -0.3 is 9.84 Å². The fourth-order valence-corrected chi connectivity index (χ4v) is 1.51. The normalized spacial score (nSPS) is 9.78. The first-order valence-electron chi connectivity index (χ1n) is 5.03. The van der Waals surface area contributed by atoms with Crippen LogP contribution in [0.4, 0.5) is 0 Å². The Kier molecular flexibility index (Phi) is 2.98. The average molecular weight is 243 g/mol. The van der Waals surface area contributed by atoms with Crippen LogP contribution in [-0.4, -0.2) is 28.0 Å². The highest BCUT2D eigenvalue weighted by Gasteiger charge is 2.15. The molecule has 0 aliphatic heterocycles. The number of hydrogen-bond donors (Lipinski definition) is 1. The molecule has 0 fully saturated rings. The number of aromatic nitrogens is 2. The minimum absolute atomic E-state index is 0.0585. The van der Waals surface area contributed by atoms with Crippen molar-refractivity contribution in [3.63, 3.8) is 0 Å². The van der Waals surface area contributed by atoms with Crippen molar-refractivity contribution in [1.82, 2.24) is 9.78 Å². The molecule has 90 valence electrons. The molecule has 6 heteroatoms. The van der Waals surface area contributed by atoms with Gasteiger partial charge in [0, 0.05) is 6.07 Å². The lowest BCUT2D eigenvalue weighted by Crippen LogP contribution is -2.07. The summed E-state index contributed by atoms with van der Waals surface area (Å²) in [6.45, 7) is 0. The van der Waals surface area contributed by atoms with Gasteiger partial charge in [0.1, 0.15) is 11.8 Å². The maximum Gasteiger partial charge on any atom is 0.354 e. The van der Waals surface area contributed by atoms with Crippen molar-refractivity contribution in [2.45, 2.75) is 0 Å². The van der Waals surface area contributed by atoms with E-state index in [0.717, 1.165) is 0 Å². The molecule has 6 nitrogen and oxygen atoms in total. The number of carboxylic acid groups (broad SMARTS) is 1. The van der Waals surface area contributed by atoms with E-state index < -0.39 is 5.97 Å². The van der Waals surface area contributed by atoms with Crippen molar-refractivity contribution in [2.24, 2.45) is 0 Å². The summed E-state index contributed by atoms with van der Waals surface area (Å²) in [6, 6.07) is 9.75. The van der Waals surface area contributed by atoms with Gasteiger partial charge in [-0.2, -0.15) is 10.4 Å². The van der Waals surface area contributed by atoms with E-state index >= 15 is 0 Å². The molecule has 1 aromatic carbocycles. The second-order valence-electron chi connectivity index (χ2n) is 3.44. The van der Waals surface area contributed by atoms with Crippen LogP contribution >= 0.6 is 0 Å². The van der Waals surface area contributed by atoms with Gasteiger partial charge in [-0.05, 0) is 24.3 Å². The number of hydrogen-bond acceptors (Lipinski definition) is 4. The van der Waals surface area contributed by atoms with Crippen molar-refractivity contribution in [1.29, 1.82) is 5.26 Å². The second kappa shape index (κ2) is 4.59. The van der Waals surface area contributed by atoms with E-state index in [2.05, 4.69) is 5.10 Å². The monoisotopic (exact) mass is 243 g/mol. The molecule has 1 N–H and O–H groups in total. The summed E-state index contributed by atoms with van der Waals surface area (Å²) in [4.78, 5) is 11.1. The topological polar surface area (TPSA) is 88.1 Å². The molecular weight excluding hydrogens is 234 g/mol. The van der Waals surface area contributed by atoms with Crippen LogP contribution in [0.3, 0.4) is 0 Å². The number of nitriles is 1. The van der Waals surface area contributed by atoms with Gasteiger partial charge in [-0.15, -0.1) is 0 Å². The zero-order chi connectivity index (χ0) is 13.1. The number of ether oxygens (including phenoxy) is 1. The average Bonchev–Trinajstić information content (AvgIpc) is 2.83. The van der Waals surface area contributed by atoms with Crippen LogP contribution in [-0.2, 0) is 0 Å². The van der Waals surface area contributed by atoms with Crippen molar-refractivity contribution >= 4 is 5.97 Å². The lowest BCUT2D eigenvalue weighted by Gasteiger charge is -2.05. The minimum Gasteiger partial charge on any atom is -0.497 e. The minimum atomic E-state index is -1.14. The zero-order valence-electron chi connectivity index (χ0n) is 9.49. The smallest absolute Gasteiger partial charge is 0.354 e. The van der Waals surface area contributed by atoms with Gasteiger partial charge in [-0.1, -0.05) is 0 Å². The highest BCUT2D eigenvalue weighted by atomic mass is 16.5. The molecule has 0 atom stereocenters. The van der Waals surface area contributed by atoms with Crippen LogP contribution in [0.15, 0.2) is 30.3 Å². The fourth-order valence-electron chi connectivity index (χ4n) is 1.51. The Morgan fingerprint density at radius 2 is 2.11 bits per heavy atom. The Hall–Kier alpha value is -2.81. The van der Waals surface area contributed by atoms with Gasteiger partial charge in [-0.3, -0.25) is 0 Å². The van der Waals surface area contributed by atoms with E-state index in [4.69, 9.17) is 15.1 Å². The third-order valence-corrected chi connectivity index (χ3v) is 2.36.